The van der Waals surface area contributed by atoms with Gasteiger partial charge in [0.2, 0.25) is 15.9 Å². The number of carbonyl (C=O) groups is 1. The van der Waals surface area contributed by atoms with E-state index in [-0.39, 0.29) is 16.6 Å². The Hall–Kier alpha value is -1.95. The van der Waals surface area contributed by atoms with Gasteiger partial charge in [0.05, 0.1) is 23.9 Å². The smallest absolute Gasteiger partial charge is 0.243 e. The van der Waals surface area contributed by atoms with Gasteiger partial charge in [-0.05, 0) is 24.6 Å². The Kier molecular flexibility index (Phi) is 6.15. The first-order valence-electron chi connectivity index (χ1n) is 8.33. The Morgan fingerprint density at radius 2 is 2.07 bits per heavy atom. The van der Waals surface area contributed by atoms with E-state index in [2.05, 4.69) is 15.5 Å². The maximum atomic E-state index is 12.9. The van der Waals surface area contributed by atoms with Crippen molar-refractivity contribution in [3.63, 3.8) is 0 Å². The standard InChI is InChI=1S/C16H21N5O4S2/c1-12-3-4-13(18-15(22)10-26-16-19-17-11-20(16)2)9-14(12)27(23,24)21-5-7-25-8-6-21/h3-4,9,11H,5-8,10H2,1-2H3,(H,18,22). The number of benzene rings is 1. The molecule has 146 valence electrons. The zero-order valence-corrected chi connectivity index (χ0v) is 16.7. The summed E-state index contributed by atoms with van der Waals surface area (Å²) in [6, 6.07) is 4.89. The van der Waals surface area contributed by atoms with E-state index in [9.17, 15) is 13.2 Å². The first-order valence-corrected chi connectivity index (χ1v) is 10.8. The normalized spacial score (nSPS) is 15.6. The molecule has 0 saturated carbocycles. The number of sulfonamides is 1. The van der Waals surface area contributed by atoms with E-state index in [1.54, 1.807) is 37.0 Å². The number of anilines is 1. The summed E-state index contributed by atoms with van der Waals surface area (Å²) in [6.45, 7) is 3.16. The fraction of sp³-hybridized carbons (Fsp3) is 0.438. The molecule has 9 nitrogen and oxygen atoms in total. The number of aryl methyl sites for hydroxylation is 2. The molecule has 27 heavy (non-hydrogen) atoms. The minimum atomic E-state index is -3.63. The fourth-order valence-electron chi connectivity index (χ4n) is 2.61. The summed E-state index contributed by atoms with van der Waals surface area (Å²) in [7, 11) is -1.83. The molecule has 1 aromatic heterocycles. The van der Waals surface area contributed by atoms with Gasteiger partial charge in [0.25, 0.3) is 0 Å². The van der Waals surface area contributed by atoms with Gasteiger partial charge >= 0.3 is 0 Å². The number of hydrogen-bond acceptors (Lipinski definition) is 7. The van der Waals surface area contributed by atoms with Crippen LogP contribution in [0.4, 0.5) is 5.69 Å². The van der Waals surface area contributed by atoms with Crippen LogP contribution in [-0.4, -0.2) is 65.5 Å². The second-order valence-corrected chi connectivity index (χ2v) is 8.91. The Balaban J connectivity index is 1.71. The number of rotatable bonds is 6. The van der Waals surface area contributed by atoms with Crippen LogP contribution >= 0.6 is 11.8 Å². The summed E-state index contributed by atoms with van der Waals surface area (Å²) in [5.74, 6) is -0.104. The summed E-state index contributed by atoms with van der Waals surface area (Å²) in [6.07, 6.45) is 1.56. The van der Waals surface area contributed by atoms with Crippen LogP contribution in [0.1, 0.15) is 5.56 Å². The molecule has 1 aliphatic heterocycles. The molecule has 3 rings (SSSR count). The highest BCUT2D eigenvalue weighted by Gasteiger charge is 2.28. The molecule has 1 aliphatic rings. The van der Waals surface area contributed by atoms with Gasteiger partial charge in [0.1, 0.15) is 6.33 Å². The lowest BCUT2D eigenvalue weighted by Gasteiger charge is -2.26. The summed E-state index contributed by atoms with van der Waals surface area (Å²) in [4.78, 5) is 12.4. The van der Waals surface area contributed by atoms with Crippen LogP contribution in [-0.2, 0) is 26.6 Å². The molecule has 0 spiro atoms. The third kappa shape index (κ3) is 4.67. The van der Waals surface area contributed by atoms with Gasteiger partial charge < -0.3 is 14.6 Å². The highest BCUT2D eigenvalue weighted by atomic mass is 32.2. The second kappa shape index (κ2) is 8.38. The largest absolute Gasteiger partial charge is 0.379 e. The molecule has 1 fully saturated rings. The maximum absolute atomic E-state index is 12.9. The third-order valence-corrected chi connectivity index (χ3v) is 7.14. The van der Waals surface area contributed by atoms with Crippen molar-refractivity contribution in [1.82, 2.24) is 19.1 Å². The molecule has 0 radical (unpaired) electrons. The van der Waals surface area contributed by atoms with Gasteiger partial charge in [-0.25, -0.2) is 8.42 Å². The minimum Gasteiger partial charge on any atom is -0.379 e. The van der Waals surface area contributed by atoms with E-state index in [0.29, 0.717) is 42.7 Å². The molecule has 1 N–H and O–H groups in total. The van der Waals surface area contributed by atoms with Gasteiger partial charge in [0, 0.05) is 25.8 Å². The predicted octanol–water partition coefficient (Wildman–Crippen LogP) is 0.875. The molecule has 1 saturated heterocycles. The number of nitrogens with zero attached hydrogens (tertiary/aromatic N) is 4. The number of thioether (sulfide) groups is 1. The van der Waals surface area contributed by atoms with E-state index in [4.69, 9.17) is 4.74 Å². The van der Waals surface area contributed by atoms with Crippen molar-refractivity contribution >= 4 is 33.4 Å². The zero-order valence-electron chi connectivity index (χ0n) is 15.1. The first-order chi connectivity index (χ1) is 12.9. The van der Waals surface area contributed by atoms with E-state index < -0.39 is 10.0 Å². The number of carbonyl (C=O) groups excluding carboxylic acids is 1. The second-order valence-electron chi connectivity index (χ2n) is 6.06. The summed E-state index contributed by atoms with van der Waals surface area (Å²) < 4.78 is 34.2. The van der Waals surface area contributed by atoms with Crippen molar-refractivity contribution in [1.29, 1.82) is 0 Å². The summed E-state index contributed by atoms with van der Waals surface area (Å²) in [5, 5.41) is 11.0. The maximum Gasteiger partial charge on any atom is 0.243 e. The Morgan fingerprint density at radius 1 is 1.33 bits per heavy atom. The molecule has 0 aliphatic carbocycles. The van der Waals surface area contributed by atoms with Crippen LogP contribution in [0.15, 0.2) is 34.6 Å². The molecule has 0 unspecified atom stereocenters. The number of hydrogen-bond donors (Lipinski definition) is 1. The molecule has 1 amide bonds. The van der Waals surface area contributed by atoms with Crippen molar-refractivity contribution in [3.8, 4) is 0 Å². The quantitative estimate of drug-likeness (QED) is 0.703. The average molecular weight is 412 g/mol. The number of ether oxygens (including phenoxy) is 1. The van der Waals surface area contributed by atoms with Crippen LogP contribution in [0.5, 0.6) is 0 Å². The predicted molar refractivity (Wildman–Crippen MR) is 101 cm³/mol. The van der Waals surface area contributed by atoms with Gasteiger partial charge in [-0.15, -0.1) is 10.2 Å². The van der Waals surface area contributed by atoms with Crippen LogP contribution in [0.25, 0.3) is 0 Å². The molecule has 2 heterocycles. The highest BCUT2D eigenvalue weighted by Crippen LogP contribution is 2.24. The molecule has 2 aromatic rings. The Morgan fingerprint density at radius 3 is 2.74 bits per heavy atom. The first kappa shape index (κ1) is 19.8. The lowest BCUT2D eigenvalue weighted by Crippen LogP contribution is -2.40. The van der Waals surface area contributed by atoms with Crippen molar-refractivity contribution in [2.24, 2.45) is 7.05 Å². The van der Waals surface area contributed by atoms with Crippen LogP contribution in [0, 0.1) is 6.92 Å². The molecule has 0 bridgehead atoms. The average Bonchev–Trinajstić information content (AvgIpc) is 3.07. The molecular formula is C16H21N5O4S2. The van der Waals surface area contributed by atoms with Crippen molar-refractivity contribution in [2.45, 2.75) is 17.0 Å². The topological polar surface area (TPSA) is 106 Å². The summed E-state index contributed by atoms with van der Waals surface area (Å²) in [5.41, 5.74) is 1.07. The minimum absolute atomic E-state index is 0.145. The van der Waals surface area contributed by atoms with E-state index >= 15 is 0 Å². The van der Waals surface area contributed by atoms with Crippen LogP contribution in [0.2, 0.25) is 0 Å². The van der Waals surface area contributed by atoms with Crippen LogP contribution in [0.3, 0.4) is 0 Å². The fourth-order valence-corrected chi connectivity index (χ4v) is 4.96. The SMILES string of the molecule is Cc1ccc(NC(=O)CSc2nncn2C)cc1S(=O)(=O)N1CCOCC1. The van der Waals surface area contributed by atoms with Gasteiger partial charge in [-0.1, -0.05) is 17.8 Å². The Labute approximate surface area is 162 Å². The molecule has 11 heteroatoms. The van der Waals surface area contributed by atoms with Crippen molar-refractivity contribution < 1.29 is 17.9 Å². The summed E-state index contributed by atoms with van der Waals surface area (Å²) >= 11 is 1.25. The van der Waals surface area contributed by atoms with E-state index in [1.807, 2.05) is 0 Å². The highest BCUT2D eigenvalue weighted by molar-refractivity contribution is 7.99. The van der Waals surface area contributed by atoms with Gasteiger partial charge in [-0.2, -0.15) is 4.31 Å². The Bertz CT molecular complexity index is 923. The van der Waals surface area contributed by atoms with Crippen LogP contribution < -0.4 is 5.32 Å². The molecule has 1 aromatic carbocycles. The lowest BCUT2D eigenvalue weighted by atomic mass is 10.2. The van der Waals surface area contributed by atoms with Gasteiger partial charge in [-0.3, -0.25) is 4.79 Å². The third-order valence-electron chi connectivity index (χ3n) is 4.06. The van der Waals surface area contributed by atoms with Crippen molar-refractivity contribution in [2.75, 3.05) is 37.4 Å². The monoisotopic (exact) mass is 411 g/mol. The lowest BCUT2D eigenvalue weighted by molar-refractivity contribution is -0.113. The number of aromatic nitrogens is 3. The van der Waals surface area contributed by atoms with Crippen molar-refractivity contribution in [3.05, 3.63) is 30.1 Å². The van der Waals surface area contributed by atoms with E-state index in [0.717, 1.165) is 0 Å². The van der Waals surface area contributed by atoms with Gasteiger partial charge in [0.15, 0.2) is 5.16 Å². The number of nitrogens with one attached hydrogen (secondary N) is 1. The molecular weight excluding hydrogens is 390 g/mol. The zero-order chi connectivity index (χ0) is 19.4. The molecule has 0 atom stereocenters. The van der Waals surface area contributed by atoms with E-state index in [1.165, 1.54) is 22.1 Å². The number of amides is 1. The number of morpholine rings is 1.